The smallest absolute Gasteiger partial charge is 0.309 e. The molecule has 1 atom stereocenters. The van der Waals surface area contributed by atoms with Gasteiger partial charge in [-0.2, -0.15) is 0 Å². The van der Waals surface area contributed by atoms with Gasteiger partial charge >= 0.3 is 5.97 Å². The van der Waals surface area contributed by atoms with Crippen LogP contribution in [0.4, 0.5) is 0 Å². The van der Waals surface area contributed by atoms with Gasteiger partial charge in [0.2, 0.25) is 0 Å². The largest absolute Gasteiger partial charge is 0.481 e. The van der Waals surface area contributed by atoms with Crippen molar-refractivity contribution in [3.05, 3.63) is 0 Å². The first kappa shape index (κ1) is 12.8. The van der Waals surface area contributed by atoms with Crippen molar-refractivity contribution in [1.82, 2.24) is 10.2 Å². The molecule has 1 saturated carbocycles. The van der Waals surface area contributed by atoms with Gasteiger partial charge in [-0.1, -0.05) is 12.8 Å². The maximum absolute atomic E-state index is 11.2. The zero-order valence-corrected chi connectivity index (χ0v) is 10.9. The van der Waals surface area contributed by atoms with Gasteiger partial charge in [0.25, 0.3) is 0 Å². The first-order valence-corrected chi connectivity index (χ1v) is 6.71. The van der Waals surface area contributed by atoms with Crippen LogP contribution in [0.15, 0.2) is 0 Å². The predicted octanol–water partition coefficient (Wildman–Crippen LogP) is 1.31. The van der Waals surface area contributed by atoms with Gasteiger partial charge in [-0.15, -0.1) is 0 Å². The Balaban J connectivity index is 2.13. The van der Waals surface area contributed by atoms with Crippen LogP contribution in [0.5, 0.6) is 0 Å². The van der Waals surface area contributed by atoms with Crippen LogP contribution in [0.3, 0.4) is 0 Å². The fourth-order valence-corrected chi connectivity index (χ4v) is 3.23. The average molecular weight is 240 g/mol. The van der Waals surface area contributed by atoms with Crippen molar-refractivity contribution in [1.29, 1.82) is 0 Å². The fraction of sp³-hybridized carbons (Fsp3) is 0.923. The monoisotopic (exact) mass is 240 g/mol. The highest BCUT2D eigenvalue weighted by atomic mass is 16.4. The number of hydrogen-bond donors (Lipinski definition) is 2. The molecule has 1 aliphatic carbocycles. The van der Waals surface area contributed by atoms with Gasteiger partial charge in [0.05, 0.1) is 5.92 Å². The topological polar surface area (TPSA) is 52.6 Å². The molecule has 17 heavy (non-hydrogen) atoms. The van der Waals surface area contributed by atoms with E-state index in [1.54, 1.807) is 0 Å². The molecule has 2 N–H and O–H groups in total. The molecule has 0 amide bonds. The third kappa shape index (κ3) is 2.80. The van der Waals surface area contributed by atoms with Crippen LogP contribution in [0.25, 0.3) is 0 Å². The lowest BCUT2D eigenvalue weighted by Gasteiger charge is -2.41. The Morgan fingerprint density at radius 2 is 2.00 bits per heavy atom. The maximum atomic E-state index is 11.2. The van der Waals surface area contributed by atoms with E-state index in [-0.39, 0.29) is 11.5 Å². The lowest BCUT2D eigenvalue weighted by Crippen LogP contribution is -2.53. The van der Waals surface area contributed by atoms with Crippen molar-refractivity contribution in [2.24, 2.45) is 5.92 Å². The Morgan fingerprint density at radius 3 is 2.59 bits per heavy atom. The van der Waals surface area contributed by atoms with Crippen molar-refractivity contribution in [3.63, 3.8) is 0 Å². The lowest BCUT2D eigenvalue weighted by atomic mass is 9.98. The van der Waals surface area contributed by atoms with Crippen molar-refractivity contribution in [2.75, 3.05) is 19.6 Å². The molecule has 0 aromatic heterocycles. The Kier molecular flexibility index (Phi) is 3.73. The number of nitrogens with zero attached hydrogens (tertiary/aromatic N) is 1. The van der Waals surface area contributed by atoms with Crippen molar-refractivity contribution >= 4 is 5.97 Å². The second-order valence-electron chi connectivity index (χ2n) is 6.07. The second kappa shape index (κ2) is 4.94. The van der Waals surface area contributed by atoms with Gasteiger partial charge in [0.15, 0.2) is 0 Å². The van der Waals surface area contributed by atoms with E-state index < -0.39 is 5.97 Å². The van der Waals surface area contributed by atoms with Crippen LogP contribution in [-0.4, -0.2) is 47.2 Å². The summed E-state index contributed by atoms with van der Waals surface area (Å²) < 4.78 is 0. The minimum absolute atomic E-state index is 0.0687. The summed E-state index contributed by atoms with van der Waals surface area (Å²) in [6, 6.07) is 0.590. The van der Waals surface area contributed by atoms with Gasteiger partial charge in [0.1, 0.15) is 0 Å². The van der Waals surface area contributed by atoms with E-state index in [0.717, 1.165) is 6.54 Å². The van der Waals surface area contributed by atoms with Crippen molar-refractivity contribution < 1.29 is 9.90 Å². The summed E-state index contributed by atoms with van der Waals surface area (Å²) in [6.07, 6.45) is 5.05. The van der Waals surface area contributed by atoms with Crippen LogP contribution in [0, 0.1) is 5.92 Å². The summed E-state index contributed by atoms with van der Waals surface area (Å²) in [5, 5.41) is 12.5. The number of carbonyl (C=O) groups is 1. The Bertz CT molecular complexity index is 285. The molecule has 0 radical (unpaired) electrons. The van der Waals surface area contributed by atoms with E-state index in [0.29, 0.717) is 19.1 Å². The van der Waals surface area contributed by atoms with E-state index >= 15 is 0 Å². The number of nitrogens with one attached hydrogen (secondary N) is 1. The van der Waals surface area contributed by atoms with Gasteiger partial charge in [-0.3, -0.25) is 9.69 Å². The van der Waals surface area contributed by atoms with E-state index in [9.17, 15) is 9.90 Å². The van der Waals surface area contributed by atoms with Crippen molar-refractivity contribution in [2.45, 2.75) is 51.1 Å². The zero-order chi connectivity index (χ0) is 12.5. The molecule has 2 aliphatic rings. The first-order valence-electron chi connectivity index (χ1n) is 6.71. The molecule has 98 valence electrons. The number of carboxylic acid groups (broad SMARTS) is 1. The third-order valence-corrected chi connectivity index (χ3v) is 4.26. The summed E-state index contributed by atoms with van der Waals surface area (Å²) in [5.41, 5.74) is 0.0687. The summed E-state index contributed by atoms with van der Waals surface area (Å²) in [5.74, 6) is -0.935. The highest BCUT2D eigenvalue weighted by Crippen LogP contribution is 2.30. The van der Waals surface area contributed by atoms with E-state index in [2.05, 4.69) is 24.1 Å². The summed E-state index contributed by atoms with van der Waals surface area (Å²) >= 11 is 0. The molecular formula is C13H24N2O2. The predicted molar refractivity (Wildman–Crippen MR) is 67.0 cm³/mol. The molecule has 4 nitrogen and oxygen atoms in total. The quantitative estimate of drug-likeness (QED) is 0.764. The van der Waals surface area contributed by atoms with Gasteiger partial charge in [0, 0.05) is 31.2 Å². The normalized spacial score (nSPS) is 31.3. The number of aliphatic carboxylic acids is 1. The molecule has 1 heterocycles. The van der Waals surface area contributed by atoms with Crippen LogP contribution >= 0.6 is 0 Å². The Labute approximate surface area is 103 Å². The average Bonchev–Trinajstić information content (AvgIpc) is 2.70. The summed E-state index contributed by atoms with van der Waals surface area (Å²) in [6.45, 7) is 6.63. The Morgan fingerprint density at radius 1 is 1.35 bits per heavy atom. The zero-order valence-electron chi connectivity index (χ0n) is 10.9. The van der Waals surface area contributed by atoms with Gasteiger partial charge in [-0.25, -0.2) is 0 Å². The van der Waals surface area contributed by atoms with Crippen LogP contribution in [0.1, 0.15) is 39.5 Å². The molecule has 0 aromatic rings. The van der Waals surface area contributed by atoms with Crippen LogP contribution < -0.4 is 5.32 Å². The Hall–Kier alpha value is -0.610. The van der Waals surface area contributed by atoms with Crippen LogP contribution in [-0.2, 0) is 4.79 Å². The summed E-state index contributed by atoms with van der Waals surface area (Å²) in [7, 11) is 0. The molecule has 0 spiro atoms. The molecule has 1 aliphatic heterocycles. The second-order valence-corrected chi connectivity index (χ2v) is 6.07. The van der Waals surface area contributed by atoms with Gasteiger partial charge in [-0.05, 0) is 26.7 Å². The maximum Gasteiger partial charge on any atom is 0.309 e. The van der Waals surface area contributed by atoms with E-state index in [4.69, 9.17) is 0 Å². The van der Waals surface area contributed by atoms with Gasteiger partial charge < -0.3 is 10.4 Å². The fourth-order valence-electron chi connectivity index (χ4n) is 3.23. The molecule has 1 saturated heterocycles. The highest BCUT2D eigenvalue weighted by Gasteiger charge is 2.38. The van der Waals surface area contributed by atoms with Crippen molar-refractivity contribution in [3.8, 4) is 0 Å². The third-order valence-electron chi connectivity index (χ3n) is 4.26. The molecule has 0 bridgehead atoms. The highest BCUT2D eigenvalue weighted by molar-refractivity contribution is 5.70. The molecule has 1 unspecified atom stereocenters. The summed E-state index contributed by atoms with van der Waals surface area (Å²) in [4.78, 5) is 13.7. The number of rotatable bonds is 2. The lowest BCUT2D eigenvalue weighted by molar-refractivity contribution is -0.142. The SMILES string of the molecule is CC1(C)CNCC(C(=O)O)CN1C1CCCC1. The first-order chi connectivity index (χ1) is 8.00. The molecule has 4 heteroatoms. The van der Waals surface area contributed by atoms with E-state index in [1.807, 2.05) is 0 Å². The standard InChI is InChI=1S/C13H24N2O2/c1-13(2)9-14-7-10(12(16)17)8-15(13)11-5-3-4-6-11/h10-11,14H,3-9H2,1-2H3,(H,16,17). The van der Waals surface area contributed by atoms with Crippen LogP contribution in [0.2, 0.25) is 0 Å². The number of hydrogen-bond acceptors (Lipinski definition) is 3. The molecule has 2 fully saturated rings. The minimum Gasteiger partial charge on any atom is -0.481 e. The minimum atomic E-state index is -0.668. The number of carboxylic acids is 1. The molecule has 2 rings (SSSR count). The molecular weight excluding hydrogens is 216 g/mol. The van der Waals surface area contributed by atoms with E-state index in [1.165, 1.54) is 25.7 Å². The molecule has 0 aromatic carbocycles.